The minimum Gasteiger partial charge on any atom is -0.496 e. The number of Topliss-reactive ketones (excluding diaryl/α,β-unsaturated/α-hetero) is 1. The standard InChI is InChI=1S/C16H12FNO3/c1-10(19)16-14(20-2)7-4-8-15(16)21-13-6-3-5-12(17)11(13)9-18/h3-8H,1-2H3. The third kappa shape index (κ3) is 2.84. The van der Waals surface area contributed by atoms with Crippen LogP contribution in [-0.4, -0.2) is 12.9 Å². The number of benzene rings is 2. The maximum atomic E-state index is 13.6. The Kier molecular flexibility index (Phi) is 4.19. The van der Waals surface area contributed by atoms with Crippen LogP contribution in [0.25, 0.3) is 0 Å². The number of hydrogen-bond donors (Lipinski definition) is 0. The smallest absolute Gasteiger partial charge is 0.167 e. The Morgan fingerprint density at radius 2 is 1.76 bits per heavy atom. The molecule has 0 heterocycles. The summed E-state index contributed by atoms with van der Waals surface area (Å²) in [5.41, 5.74) is 0.0305. The topological polar surface area (TPSA) is 59.3 Å². The van der Waals surface area contributed by atoms with Gasteiger partial charge in [0.1, 0.15) is 40.3 Å². The summed E-state index contributed by atoms with van der Waals surface area (Å²) in [6.07, 6.45) is 0. The quantitative estimate of drug-likeness (QED) is 0.804. The SMILES string of the molecule is COc1cccc(Oc2cccc(F)c2C#N)c1C(C)=O. The second-order valence-corrected chi connectivity index (χ2v) is 4.22. The summed E-state index contributed by atoms with van der Waals surface area (Å²) in [6.45, 7) is 1.38. The highest BCUT2D eigenvalue weighted by molar-refractivity contribution is 5.99. The monoisotopic (exact) mass is 285 g/mol. The fourth-order valence-electron chi connectivity index (χ4n) is 1.93. The lowest BCUT2D eigenvalue weighted by molar-refractivity contribution is 0.101. The molecule has 0 radical (unpaired) electrons. The van der Waals surface area contributed by atoms with Gasteiger partial charge in [0, 0.05) is 0 Å². The lowest BCUT2D eigenvalue weighted by atomic mass is 10.1. The summed E-state index contributed by atoms with van der Waals surface area (Å²) >= 11 is 0. The molecule has 0 aliphatic carbocycles. The molecule has 0 aromatic heterocycles. The van der Waals surface area contributed by atoms with E-state index in [9.17, 15) is 9.18 Å². The summed E-state index contributed by atoms with van der Waals surface area (Å²) in [5.74, 6) is -0.313. The summed E-state index contributed by atoms with van der Waals surface area (Å²) in [5, 5.41) is 8.99. The van der Waals surface area contributed by atoms with E-state index in [0.29, 0.717) is 5.75 Å². The van der Waals surface area contributed by atoms with E-state index < -0.39 is 5.82 Å². The average molecular weight is 285 g/mol. The fraction of sp³-hybridized carbons (Fsp3) is 0.125. The first-order valence-corrected chi connectivity index (χ1v) is 6.13. The number of ether oxygens (including phenoxy) is 2. The van der Waals surface area contributed by atoms with E-state index in [0.717, 1.165) is 0 Å². The third-order valence-electron chi connectivity index (χ3n) is 2.87. The van der Waals surface area contributed by atoms with Crippen LogP contribution in [0.1, 0.15) is 22.8 Å². The Hall–Kier alpha value is -2.87. The molecule has 0 aliphatic heterocycles. The molecule has 5 heteroatoms. The molecule has 0 fully saturated rings. The van der Waals surface area contributed by atoms with E-state index in [1.54, 1.807) is 24.3 Å². The second-order valence-electron chi connectivity index (χ2n) is 4.22. The predicted molar refractivity (Wildman–Crippen MR) is 74.2 cm³/mol. The zero-order valence-electron chi connectivity index (χ0n) is 11.5. The lowest BCUT2D eigenvalue weighted by Crippen LogP contribution is -2.02. The number of nitrogens with zero attached hydrogens (tertiary/aromatic N) is 1. The van der Waals surface area contributed by atoms with E-state index in [1.807, 2.05) is 0 Å². The van der Waals surface area contributed by atoms with Gasteiger partial charge in [-0.15, -0.1) is 0 Å². The number of carbonyl (C=O) groups is 1. The summed E-state index contributed by atoms with van der Waals surface area (Å²) < 4.78 is 24.2. The van der Waals surface area contributed by atoms with Crippen LogP contribution in [0.3, 0.4) is 0 Å². The average Bonchev–Trinajstić information content (AvgIpc) is 2.47. The zero-order valence-corrected chi connectivity index (χ0v) is 11.5. The Bertz CT molecular complexity index is 735. The van der Waals surface area contributed by atoms with E-state index in [-0.39, 0.29) is 28.4 Å². The van der Waals surface area contributed by atoms with Crippen LogP contribution < -0.4 is 9.47 Å². The third-order valence-corrected chi connectivity index (χ3v) is 2.87. The van der Waals surface area contributed by atoms with E-state index >= 15 is 0 Å². The number of rotatable bonds is 4. The van der Waals surface area contributed by atoms with Gasteiger partial charge in [-0.05, 0) is 31.2 Å². The van der Waals surface area contributed by atoms with Crippen molar-refractivity contribution < 1.29 is 18.7 Å². The van der Waals surface area contributed by atoms with Crippen molar-refractivity contribution >= 4 is 5.78 Å². The largest absolute Gasteiger partial charge is 0.496 e. The minimum atomic E-state index is -0.678. The van der Waals surface area contributed by atoms with Gasteiger partial charge < -0.3 is 9.47 Å². The molecule has 4 nitrogen and oxygen atoms in total. The number of ketones is 1. The van der Waals surface area contributed by atoms with Gasteiger partial charge in [-0.25, -0.2) is 4.39 Å². The first-order valence-electron chi connectivity index (χ1n) is 6.13. The lowest BCUT2D eigenvalue weighted by Gasteiger charge is -2.13. The first kappa shape index (κ1) is 14.5. The number of nitriles is 1. The molecule has 21 heavy (non-hydrogen) atoms. The second kappa shape index (κ2) is 6.06. The number of methoxy groups -OCH3 is 1. The van der Waals surface area contributed by atoms with Gasteiger partial charge in [0.15, 0.2) is 5.78 Å². The van der Waals surface area contributed by atoms with Crippen molar-refractivity contribution in [2.75, 3.05) is 7.11 Å². The van der Waals surface area contributed by atoms with Gasteiger partial charge in [-0.3, -0.25) is 4.79 Å². The molecule has 0 amide bonds. The molecule has 0 aliphatic rings. The van der Waals surface area contributed by atoms with Crippen LogP contribution in [0.2, 0.25) is 0 Å². The van der Waals surface area contributed by atoms with Crippen LogP contribution in [-0.2, 0) is 0 Å². The number of halogens is 1. The molecule has 0 saturated heterocycles. The van der Waals surface area contributed by atoms with E-state index in [4.69, 9.17) is 14.7 Å². The van der Waals surface area contributed by atoms with Gasteiger partial charge in [0.25, 0.3) is 0 Å². The zero-order chi connectivity index (χ0) is 15.4. The number of hydrogen-bond acceptors (Lipinski definition) is 4. The van der Waals surface area contributed by atoms with Crippen LogP contribution >= 0.6 is 0 Å². The molecule has 106 valence electrons. The van der Waals surface area contributed by atoms with Crippen molar-refractivity contribution in [3.8, 4) is 23.3 Å². The highest BCUT2D eigenvalue weighted by Crippen LogP contribution is 2.34. The molecule has 0 spiro atoms. The van der Waals surface area contributed by atoms with Crippen molar-refractivity contribution in [1.29, 1.82) is 5.26 Å². The van der Waals surface area contributed by atoms with Crippen LogP contribution in [0, 0.1) is 17.1 Å². The molecule has 0 unspecified atom stereocenters. The Morgan fingerprint density at radius 1 is 1.14 bits per heavy atom. The summed E-state index contributed by atoms with van der Waals surface area (Å²) in [6, 6.07) is 10.6. The van der Waals surface area contributed by atoms with Crippen molar-refractivity contribution in [3.63, 3.8) is 0 Å². The molecule has 2 aromatic carbocycles. The van der Waals surface area contributed by atoms with E-state index in [1.165, 1.54) is 32.2 Å². The maximum absolute atomic E-state index is 13.6. The molecule has 0 atom stereocenters. The highest BCUT2D eigenvalue weighted by atomic mass is 19.1. The van der Waals surface area contributed by atoms with Crippen LogP contribution in [0.15, 0.2) is 36.4 Å². The molecule has 0 bridgehead atoms. The van der Waals surface area contributed by atoms with Crippen LogP contribution in [0.4, 0.5) is 4.39 Å². The molecule has 0 N–H and O–H groups in total. The molecular formula is C16H12FNO3. The minimum absolute atomic E-state index is 0.0493. The Balaban J connectivity index is 2.53. The molecule has 0 saturated carbocycles. The first-order chi connectivity index (χ1) is 10.1. The van der Waals surface area contributed by atoms with Crippen molar-refractivity contribution in [3.05, 3.63) is 53.3 Å². The van der Waals surface area contributed by atoms with Gasteiger partial charge in [-0.2, -0.15) is 5.26 Å². The Labute approximate surface area is 121 Å². The van der Waals surface area contributed by atoms with Crippen molar-refractivity contribution in [2.45, 2.75) is 6.92 Å². The number of carbonyl (C=O) groups excluding carboxylic acids is 1. The fourth-order valence-corrected chi connectivity index (χ4v) is 1.93. The van der Waals surface area contributed by atoms with Crippen LogP contribution in [0.5, 0.6) is 17.2 Å². The van der Waals surface area contributed by atoms with Gasteiger partial charge >= 0.3 is 0 Å². The van der Waals surface area contributed by atoms with Gasteiger partial charge in [0.05, 0.1) is 7.11 Å². The highest BCUT2D eigenvalue weighted by Gasteiger charge is 2.17. The predicted octanol–water partition coefficient (Wildman–Crippen LogP) is 3.70. The maximum Gasteiger partial charge on any atom is 0.167 e. The normalized spacial score (nSPS) is 9.81. The van der Waals surface area contributed by atoms with E-state index in [2.05, 4.69) is 0 Å². The van der Waals surface area contributed by atoms with Crippen molar-refractivity contribution in [2.24, 2.45) is 0 Å². The van der Waals surface area contributed by atoms with Gasteiger partial charge in [0.2, 0.25) is 0 Å². The Morgan fingerprint density at radius 3 is 2.38 bits per heavy atom. The summed E-state index contributed by atoms with van der Waals surface area (Å²) in [4.78, 5) is 11.8. The molecular weight excluding hydrogens is 273 g/mol. The van der Waals surface area contributed by atoms with Crippen molar-refractivity contribution in [1.82, 2.24) is 0 Å². The molecule has 2 rings (SSSR count). The van der Waals surface area contributed by atoms with Gasteiger partial charge in [-0.1, -0.05) is 12.1 Å². The molecule has 2 aromatic rings. The summed E-state index contributed by atoms with van der Waals surface area (Å²) in [7, 11) is 1.44.